The third kappa shape index (κ3) is 2.70. The molecule has 0 aliphatic rings. The summed E-state index contributed by atoms with van der Waals surface area (Å²) in [7, 11) is 0. The van der Waals surface area contributed by atoms with Crippen LogP contribution in [0.4, 0.5) is 4.39 Å². The van der Waals surface area contributed by atoms with Crippen LogP contribution < -0.4 is 0 Å². The highest BCUT2D eigenvalue weighted by Crippen LogP contribution is 2.16. The van der Waals surface area contributed by atoms with Gasteiger partial charge in [-0.1, -0.05) is 58.4 Å². The molecule has 0 heterocycles. The predicted octanol–water partition coefficient (Wildman–Crippen LogP) is 4.31. The van der Waals surface area contributed by atoms with Crippen molar-refractivity contribution in [3.63, 3.8) is 0 Å². The maximum atomic E-state index is 13.6. The Balaban J connectivity index is 2.27. The summed E-state index contributed by atoms with van der Waals surface area (Å²) in [6.45, 7) is 0. The minimum atomic E-state index is -0.131. The van der Waals surface area contributed by atoms with Gasteiger partial charge in [0.1, 0.15) is 5.82 Å². The Kier molecular flexibility index (Phi) is 3.73. The van der Waals surface area contributed by atoms with Gasteiger partial charge in [-0.15, -0.1) is 0 Å². The molecule has 2 aromatic carbocycles. The van der Waals surface area contributed by atoms with Crippen LogP contribution in [-0.2, 0) is 11.8 Å². The second-order valence-electron chi connectivity index (χ2n) is 3.72. The van der Waals surface area contributed by atoms with E-state index in [9.17, 15) is 4.39 Å². The SMILES string of the molecule is Fc1ccc(CBr)cc1Cc1ccccc1. The summed E-state index contributed by atoms with van der Waals surface area (Å²) in [4.78, 5) is 0. The average Bonchev–Trinajstić information content (AvgIpc) is 2.33. The zero-order valence-corrected chi connectivity index (χ0v) is 10.4. The Morgan fingerprint density at radius 2 is 1.69 bits per heavy atom. The van der Waals surface area contributed by atoms with Gasteiger partial charge in [0.15, 0.2) is 0 Å². The summed E-state index contributed by atoms with van der Waals surface area (Å²) in [5.74, 6) is -0.131. The average molecular weight is 279 g/mol. The molecule has 0 nitrogen and oxygen atoms in total. The molecule has 0 aliphatic heterocycles. The highest BCUT2D eigenvalue weighted by molar-refractivity contribution is 9.08. The van der Waals surface area contributed by atoms with Crippen LogP contribution in [0.3, 0.4) is 0 Å². The summed E-state index contributed by atoms with van der Waals surface area (Å²) in [6, 6.07) is 15.2. The normalized spacial score (nSPS) is 10.4. The van der Waals surface area contributed by atoms with Crippen LogP contribution in [0.25, 0.3) is 0 Å². The van der Waals surface area contributed by atoms with Gasteiger partial charge in [0.2, 0.25) is 0 Å². The zero-order chi connectivity index (χ0) is 11.4. The Hall–Kier alpha value is -1.15. The summed E-state index contributed by atoms with van der Waals surface area (Å²) in [5.41, 5.74) is 2.99. The molecule has 0 saturated carbocycles. The molecular weight excluding hydrogens is 267 g/mol. The van der Waals surface area contributed by atoms with Crippen LogP contribution in [0.2, 0.25) is 0 Å². The number of halogens is 2. The van der Waals surface area contributed by atoms with Gasteiger partial charge in [-0.2, -0.15) is 0 Å². The standard InChI is InChI=1S/C14H12BrF/c15-10-12-6-7-14(16)13(9-12)8-11-4-2-1-3-5-11/h1-7,9H,8,10H2. The molecule has 0 amide bonds. The molecule has 0 unspecified atom stereocenters. The van der Waals surface area contributed by atoms with Gasteiger partial charge in [0.25, 0.3) is 0 Å². The molecule has 16 heavy (non-hydrogen) atoms. The molecule has 2 rings (SSSR count). The van der Waals surface area contributed by atoms with Crippen molar-refractivity contribution in [2.45, 2.75) is 11.8 Å². The van der Waals surface area contributed by atoms with Crippen molar-refractivity contribution in [3.8, 4) is 0 Å². The molecule has 0 N–H and O–H groups in total. The molecule has 2 heteroatoms. The second kappa shape index (κ2) is 5.26. The van der Waals surface area contributed by atoms with Crippen LogP contribution >= 0.6 is 15.9 Å². The van der Waals surface area contributed by atoms with E-state index in [1.807, 2.05) is 36.4 Å². The number of benzene rings is 2. The lowest BCUT2D eigenvalue weighted by Crippen LogP contribution is -1.94. The largest absolute Gasteiger partial charge is 0.207 e. The van der Waals surface area contributed by atoms with E-state index in [1.165, 1.54) is 6.07 Å². The van der Waals surface area contributed by atoms with Gasteiger partial charge >= 0.3 is 0 Å². The number of rotatable bonds is 3. The van der Waals surface area contributed by atoms with Gasteiger partial charge in [-0.25, -0.2) is 4.39 Å². The first-order valence-corrected chi connectivity index (χ1v) is 6.29. The van der Waals surface area contributed by atoms with Gasteiger partial charge in [-0.3, -0.25) is 0 Å². The Labute approximate surface area is 103 Å². The molecule has 0 fully saturated rings. The van der Waals surface area contributed by atoms with Gasteiger partial charge in [0, 0.05) is 11.8 Å². The molecule has 0 aromatic heterocycles. The minimum absolute atomic E-state index is 0.131. The van der Waals surface area contributed by atoms with Crippen LogP contribution in [-0.4, -0.2) is 0 Å². The van der Waals surface area contributed by atoms with Crippen molar-refractivity contribution in [2.24, 2.45) is 0 Å². The topological polar surface area (TPSA) is 0 Å². The Morgan fingerprint density at radius 1 is 0.938 bits per heavy atom. The van der Waals surface area contributed by atoms with E-state index in [0.717, 1.165) is 22.0 Å². The minimum Gasteiger partial charge on any atom is -0.207 e. The Morgan fingerprint density at radius 3 is 2.38 bits per heavy atom. The molecule has 2 aromatic rings. The van der Waals surface area contributed by atoms with Gasteiger partial charge < -0.3 is 0 Å². The van der Waals surface area contributed by atoms with Crippen molar-refractivity contribution >= 4 is 15.9 Å². The molecule has 0 aliphatic carbocycles. The number of hydrogen-bond acceptors (Lipinski definition) is 0. The lowest BCUT2D eigenvalue weighted by molar-refractivity contribution is 0.613. The fourth-order valence-electron chi connectivity index (χ4n) is 1.66. The first-order valence-electron chi connectivity index (χ1n) is 5.17. The van der Waals surface area contributed by atoms with E-state index < -0.39 is 0 Å². The molecule has 0 spiro atoms. The van der Waals surface area contributed by atoms with Gasteiger partial charge in [0.05, 0.1) is 0 Å². The lowest BCUT2D eigenvalue weighted by atomic mass is 10.0. The lowest BCUT2D eigenvalue weighted by Gasteiger charge is -2.05. The van der Waals surface area contributed by atoms with E-state index in [0.29, 0.717) is 6.42 Å². The van der Waals surface area contributed by atoms with Crippen molar-refractivity contribution in [3.05, 3.63) is 71.0 Å². The third-order valence-corrected chi connectivity index (χ3v) is 3.15. The summed E-state index contributed by atoms with van der Waals surface area (Å²) in [5, 5.41) is 0.759. The Bertz CT molecular complexity index is 465. The van der Waals surface area contributed by atoms with Crippen LogP contribution in [0.1, 0.15) is 16.7 Å². The molecule has 82 valence electrons. The number of alkyl halides is 1. The summed E-state index contributed by atoms with van der Waals surface area (Å²) in [6.07, 6.45) is 0.646. The van der Waals surface area contributed by atoms with E-state index in [4.69, 9.17) is 0 Å². The number of hydrogen-bond donors (Lipinski definition) is 0. The summed E-state index contributed by atoms with van der Waals surface area (Å²) >= 11 is 3.38. The first-order chi connectivity index (χ1) is 7.79. The van der Waals surface area contributed by atoms with Crippen molar-refractivity contribution in [1.29, 1.82) is 0 Å². The maximum absolute atomic E-state index is 13.6. The summed E-state index contributed by atoms with van der Waals surface area (Å²) < 4.78 is 13.6. The highest BCUT2D eigenvalue weighted by atomic mass is 79.9. The fraction of sp³-hybridized carbons (Fsp3) is 0.143. The molecule has 0 radical (unpaired) electrons. The van der Waals surface area contributed by atoms with Crippen molar-refractivity contribution in [1.82, 2.24) is 0 Å². The van der Waals surface area contributed by atoms with E-state index in [2.05, 4.69) is 15.9 Å². The van der Waals surface area contributed by atoms with Crippen molar-refractivity contribution in [2.75, 3.05) is 0 Å². The zero-order valence-electron chi connectivity index (χ0n) is 8.79. The van der Waals surface area contributed by atoms with E-state index in [-0.39, 0.29) is 5.82 Å². The van der Waals surface area contributed by atoms with Gasteiger partial charge in [-0.05, 0) is 22.8 Å². The third-order valence-electron chi connectivity index (χ3n) is 2.50. The van der Waals surface area contributed by atoms with Crippen LogP contribution in [0.5, 0.6) is 0 Å². The van der Waals surface area contributed by atoms with E-state index in [1.54, 1.807) is 6.07 Å². The molecule has 0 saturated heterocycles. The molecular formula is C14H12BrF. The smallest absolute Gasteiger partial charge is 0.126 e. The van der Waals surface area contributed by atoms with Crippen LogP contribution in [0.15, 0.2) is 48.5 Å². The van der Waals surface area contributed by atoms with Crippen molar-refractivity contribution < 1.29 is 4.39 Å². The first kappa shape index (κ1) is 11.3. The van der Waals surface area contributed by atoms with E-state index >= 15 is 0 Å². The van der Waals surface area contributed by atoms with Crippen LogP contribution in [0, 0.1) is 5.82 Å². The maximum Gasteiger partial charge on any atom is 0.126 e. The second-order valence-corrected chi connectivity index (χ2v) is 4.28. The highest BCUT2D eigenvalue weighted by Gasteiger charge is 2.04. The molecule has 0 atom stereocenters. The molecule has 0 bridgehead atoms. The fourth-order valence-corrected chi connectivity index (χ4v) is 2.01. The predicted molar refractivity (Wildman–Crippen MR) is 68.3 cm³/mol. The quantitative estimate of drug-likeness (QED) is 0.734. The monoisotopic (exact) mass is 278 g/mol.